The van der Waals surface area contributed by atoms with E-state index >= 15 is 0 Å². The van der Waals surface area contributed by atoms with Crippen molar-refractivity contribution in [3.63, 3.8) is 0 Å². The average Bonchev–Trinajstić information content (AvgIpc) is 2.69. The summed E-state index contributed by atoms with van der Waals surface area (Å²) in [6.45, 7) is 1.03. The Morgan fingerprint density at radius 1 is 1.50 bits per heavy atom. The summed E-state index contributed by atoms with van der Waals surface area (Å²) in [6.07, 6.45) is 3.37. The molecule has 1 aromatic heterocycles. The topological polar surface area (TPSA) is 54.5 Å². The van der Waals surface area contributed by atoms with Gasteiger partial charge in [-0.3, -0.25) is 4.79 Å². The van der Waals surface area contributed by atoms with Gasteiger partial charge in [-0.05, 0) is 56.7 Å². The molecular formula is C12H15Br2NO3S2. The fourth-order valence-corrected chi connectivity index (χ4v) is 5.27. The highest BCUT2D eigenvalue weighted by Crippen LogP contribution is 2.34. The summed E-state index contributed by atoms with van der Waals surface area (Å²) >= 11 is 8.15. The van der Waals surface area contributed by atoms with Crippen LogP contribution < -0.4 is 0 Å². The largest absolute Gasteiger partial charge is 0.293 e. The van der Waals surface area contributed by atoms with Crippen LogP contribution in [-0.2, 0) is 10.0 Å². The van der Waals surface area contributed by atoms with E-state index in [-0.39, 0.29) is 11.7 Å². The van der Waals surface area contributed by atoms with E-state index < -0.39 is 10.0 Å². The highest BCUT2D eigenvalue weighted by atomic mass is 79.9. The molecule has 0 bridgehead atoms. The first-order valence-electron chi connectivity index (χ1n) is 6.20. The molecule has 4 nitrogen and oxygen atoms in total. The maximum absolute atomic E-state index is 12.2. The Morgan fingerprint density at radius 2 is 2.20 bits per heavy atom. The van der Waals surface area contributed by atoms with Crippen LogP contribution in [0.1, 0.15) is 28.9 Å². The van der Waals surface area contributed by atoms with Gasteiger partial charge in [0, 0.05) is 24.0 Å². The van der Waals surface area contributed by atoms with Gasteiger partial charge in [0.15, 0.2) is 5.78 Å². The predicted octanol–water partition coefficient (Wildman–Crippen LogP) is 3.52. The van der Waals surface area contributed by atoms with Crippen LogP contribution in [0.5, 0.6) is 0 Å². The zero-order valence-corrected chi connectivity index (χ0v) is 15.7. The molecule has 112 valence electrons. The SMILES string of the molecule is CS(=O)(=O)N1CCCC(CC(=O)c2cc(Br)c(Br)s2)C1. The number of carbonyl (C=O) groups is 1. The van der Waals surface area contributed by atoms with E-state index in [4.69, 9.17) is 0 Å². The Labute approximate surface area is 139 Å². The van der Waals surface area contributed by atoms with Crippen LogP contribution in [0.4, 0.5) is 0 Å². The number of hydrogen-bond donors (Lipinski definition) is 0. The number of thiophene rings is 1. The fraction of sp³-hybridized carbons (Fsp3) is 0.583. The summed E-state index contributed by atoms with van der Waals surface area (Å²) in [5.41, 5.74) is 0. The fourth-order valence-electron chi connectivity index (χ4n) is 2.34. The number of halogens is 2. The average molecular weight is 445 g/mol. The van der Waals surface area contributed by atoms with Crippen molar-refractivity contribution in [1.29, 1.82) is 0 Å². The summed E-state index contributed by atoms with van der Waals surface area (Å²) in [5, 5.41) is 0. The lowest BCUT2D eigenvalue weighted by Crippen LogP contribution is -2.39. The van der Waals surface area contributed by atoms with Crippen molar-refractivity contribution in [1.82, 2.24) is 4.31 Å². The lowest BCUT2D eigenvalue weighted by atomic mass is 9.94. The van der Waals surface area contributed by atoms with E-state index in [1.54, 1.807) is 0 Å². The molecule has 1 unspecified atom stereocenters. The molecule has 1 aromatic rings. The van der Waals surface area contributed by atoms with Gasteiger partial charge in [-0.25, -0.2) is 12.7 Å². The molecule has 0 radical (unpaired) electrons. The van der Waals surface area contributed by atoms with E-state index in [9.17, 15) is 13.2 Å². The van der Waals surface area contributed by atoms with Crippen LogP contribution in [0.3, 0.4) is 0 Å². The van der Waals surface area contributed by atoms with Crippen LogP contribution in [0, 0.1) is 5.92 Å². The van der Waals surface area contributed by atoms with E-state index in [0.717, 1.165) is 21.1 Å². The molecule has 1 aliphatic heterocycles. The van der Waals surface area contributed by atoms with Crippen molar-refractivity contribution < 1.29 is 13.2 Å². The van der Waals surface area contributed by atoms with Gasteiger partial charge in [-0.1, -0.05) is 0 Å². The standard InChI is InChI=1S/C12H15Br2NO3S2/c1-20(17,18)15-4-2-3-8(7-15)5-10(16)11-6-9(13)12(14)19-11/h6,8H,2-5,7H2,1H3. The Hall–Kier alpha value is 0.240. The van der Waals surface area contributed by atoms with Gasteiger partial charge in [0.1, 0.15) is 0 Å². The normalized spacial score (nSPS) is 21.1. The number of sulfonamides is 1. The van der Waals surface area contributed by atoms with E-state index in [1.807, 2.05) is 6.07 Å². The summed E-state index contributed by atoms with van der Waals surface area (Å²) in [6, 6.07) is 1.81. The number of piperidine rings is 1. The number of Topliss-reactive ketones (excluding diaryl/α,β-unsaturated/α-hetero) is 1. The van der Waals surface area contributed by atoms with Gasteiger partial charge < -0.3 is 0 Å². The Bertz CT molecular complexity index is 593. The van der Waals surface area contributed by atoms with Crippen LogP contribution in [0.2, 0.25) is 0 Å². The van der Waals surface area contributed by atoms with Crippen molar-refractivity contribution in [2.24, 2.45) is 5.92 Å². The molecule has 2 rings (SSSR count). The second-order valence-electron chi connectivity index (χ2n) is 4.99. The maximum atomic E-state index is 12.2. The summed E-state index contributed by atoms with van der Waals surface area (Å²) in [4.78, 5) is 12.9. The molecule has 1 atom stereocenters. The van der Waals surface area contributed by atoms with E-state index in [0.29, 0.717) is 24.4 Å². The molecule has 0 spiro atoms. The van der Waals surface area contributed by atoms with Crippen LogP contribution >= 0.6 is 43.2 Å². The quantitative estimate of drug-likeness (QED) is 0.667. The molecular weight excluding hydrogens is 430 g/mol. The molecule has 0 aromatic carbocycles. The minimum Gasteiger partial charge on any atom is -0.293 e. The molecule has 0 saturated carbocycles. The Balaban J connectivity index is 2.01. The van der Waals surface area contributed by atoms with Gasteiger partial charge in [-0.15, -0.1) is 11.3 Å². The molecule has 0 N–H and O–H groups in total. The zero-order valence-electron chi connectivity index (χ0n) is 10.9. The number of rotatable bonds is 4. The van der Waals surface area contributed by atoms with Crippen LogP contribution in [-0.4, -0.2) is 37.9 Å². The monoisotopic (exact) mass is 443 g/mol. The number of carbonyl (C=O) groups excluding carboxylic acids is 1. The zero-order chi connectivity index (χ0) is 14.9. The lowest BCUT2D eigenvalue weighted by molar-refractivity contribution is 0.0946. The molecule has 8 heteroatoms. The van der Waals surface area contributed by atoms with Crippen molar-refractivity contribution in [3.05, 3.63) is 19.2 Å². The van der Waals surface area contributed by atoms with Crippen molar-refractivity contribution in [3.8, 4) is 0 Å². The predicted molar refractivity (Wildman–Crippen MR) is 87.8 cm³/mol. The van der Waals surface area contributed by atoms with Gasteiger partial charge in [0.2, 0.25) is 10.0 Å². The molecule has 1 saturated heterocycles. The third kappa shape index (κ3) is 4.13. The van der Waals surface area contributed by atoms with E-state index in [2.05, 4.69) is 31.9 Å². The Morgan fingerprint density at radius 3 is 2.75 bits per heavy atom. The first kappa shape index (κ1) is 16.6. The number of ketones is 1. The van der Waals surface area contributed by atoms with Crippen LogP contribution in [0.25, 0.3) is 0 Å². The van der Waals surface area contributed by atoms with Gasteiger partial charge in [0.05, 0.1) is 14.9 Å². The summed E-state index contributed by atoms with van der Waals surface area (Å²) in [7, 11) is -3.15. The van der Waals surface area contributed by atoms with Crippen molar-refractivity contribution in [2.45, 2.75) is 19.3 Å². The molecule has 0 aliphatic carbocycles. The highest BCUT2D eigenvalue weighted by molar-refractivity contribution is 9.13. The van der Waals surface area contributed by atoms with Gasteiger partial charge in [0.25, 0.3) is 0 Å². The number of nitrogens with zero attached hydrogens (tertiary/aromatic N) is 1. The first-order valence-corrected chi connectivity index (χ1v) is 10.5. The summed E-state index contributed by atoms with van der Waals surface area (Å²) in [5.74, 6) is 0.201. The van der Waals surface area contributed by atoms with Crippen molar-refractivity contribution >= 4 is 59.0 Å². The smallest absolute Gasteiger partial charge is 0.211 e. The Kier molecular flexibility index (Phi) is 5.45. The van der Waals surface area contributed by atoms with Crippen molar-refractivity contribution in [2.75, 3.05) is 19.3 Å². The molecule has 20 heavy (non-hydrogen) atoms. The lowest BCUT2D eigenvalue weighted by Gasteiger charge is -2.30. The second kappa shape index (κ2) is 6.56. The summed E-state index contributed by atoms with van der Waals surface area (Å²) < 4.78 is 26.4. The highest BCUT2D eigenvalue weighted by Gasteiger charge is 2.28. The minimum atomic E-state index is -3.15. The molecule has 1 aliphatic rings. The maximum Gasteiger partial charge on any atom is 0.211 e. The molecule has 1 fully saturated rings. The second-order valence-corrected chi connectivity index (χ2v) is 10.2. The number of hydrogen-bond acceptors (Lipinski definition) is 4. The molecule has 2 heterocycles. The van der Waals surface area contributed by atoms with E-state index in [1.165, 1.54) is 21.9 Å². The molecule has 0 amide bonds. The van der Waals surface area contributed by atoms with Gasteiger partial charge in [-0.2, -0.15) is 0 Å². The third-order valence-corrected chi connectivity index (χ3v) is 7.91. The van der Waals surface area contributed by atoms with Gasteiger partial charge >= 0.3 is 0 Å². The van der Waals surface area contributed by atoms with Crippen LogP contribution in [0.15, 0.2) is 14.3 Å². The first-order chi connectivity index (χ1) is 9.27. The minimum absolute atomic E-state index is 0.0850. The third-order valence-electron chi connectivity index (χ3n) is 3.34.